The zero-order valence-corrected chi connectivity index (χ0v) is 6.45. The van der Waals surface area contributed by atoms with Crippen molar-refractivity contribution in [2.75, 3.05) is 0 Å². The van der Waals surface area contributed by atoms with Crippen LogP contribution in [0, 0.1) is 0 Å². The minimum Gasteiger partial charge on any atom is -0.245 e. The third-order valence-electron chi connectivity index (χ3n) is 1.87. The average Bonchev–Trinajstić information content (AvgIpc) is 1.91. The van der Waals surface area contributed by atoms with Crippen LogP contribution in [0.4, 0.5) is 0 Å². The van der Waals surface area contributed by atoms with Crippen LogP contribution >= 0.6 is 12.8 Å². The molecule has 9 heavy (non-hydrogen) atoms. The lowest BCUT2D eigenvalue weighted by Gasteiger charge is -2.21. The summed E-state index contributed by atoms with van der Waals surface area (Å²) in [6.07, 6.45) is 6.74. The molecule has 0 saturated heterocycles. The van der Waals surface area contributed by atoms with Crippen LogP contribution in [0.1, 0.15) is 32.1 Å². The quantitative estimate of drug-likeness (QED) is 0.403. The second-order valence-electron chi connectivity index (χ2n) is 2.59. The molecule has 1 saturated carbocycles. The predicted octanol–water partition coefficient (Wildman–Crippen LogP) is 1.26. The molecule has 0 aromatic rings. The Kier molecular flexibility index (Phi) is 3.40. The summed E-state index contributed by atoms with van der Waals surface area (Å²) < 4.78 is 0. The first kappa shape index (κ1) is 7.38. The Morgan fingerprint density at radius 1 is 1.11 bits per heavy atom. The first-order valence-corrected chi connectivity index (χ1v) is 4.03. The van der Waals surface area contributed by atoms with E-state index in [0.29, 0.717) is 6.04 Å². The minimum absolute atomic E-state index is 0.663. The average molecular weight is 146 g/mol. The van der Waals surface area contributed by atoms with Crippen molar-refractivity contribution in [1.29, 1.82) is 0 Å². The number of hydrogen-bond donors (Lipinski definition) is 3. The fourth-order valence-corrected chi connectivity index (χ4v) is 1.52. The van der Waals surface area contributed by atoms with E-state index in [9.17, 15) is 0 Å². The molecule has 0 bridgehead atoms. The van der Waals surface area contributed by atoms with Crippen molar-refractivity contribution in [2.24, 2.45) is 0 Å². The Labute approximate surface area is 61.9 Å². The summed E-state index contributed by atoms with van der Waals surface area (Å²) >= 11 is 3.87. The van der Waals surface area contributed by atoms with Crippen LogP contribution in [-0.4, -0.2) is 6.04 Å². The van der Waals surface area contributed by atoms with E-state index in [1.54, 1.807) is 0 Å². The van der Waals surface area contributed by atoms with Gasteiger partial charge in [-0.2, -0.15) is 0 Å². The van der Waals surface area contributed by atoms with Crippen molar-refractivity contribution in [1.82, 2.24) is 10.3 Å². The molecule has 1 fully saturated rings. The first-order valence-electron chi connectivity index (χ1n) is 3.58. The van der Waals surface area contributed by atoms with Gasteiger partial charge in [0.2, 0.25) is 0 Å². The molecule has 0 heterocycles. The summed E-state index contributed by atoms with van der Waals surface area (Å²) in [7, 11) is 0. The van der Waals surface area contributed by atoms with Crippen molar-refractivity contribution in [3.05, 3.63) is 0 Å². The van der Waals surface area contributed by atoms with Crippen LogP contribution in [0.3, 0.4) is 0 Å². The molecule has 0 atom stereocenters. The Hall–Kier alpha value is 0.270. The highest BCUT2D eigenvalue weighted by Gasteiger charge is 2.10. The molecule has 2 N–H and O–H groups in total. The van der Waals surface area contributed by atoms with Crippen LogP contribution in [0.2, 0.25) is 0 Å². The monoisotopic (exact) mass is 146 g/mol. The second-order valence-corrected chi connectivity index (χ2v) is 2.81. The lowest BCUT2D eigenvalue weighted by Crippen LogP contribution is -2.36. The molecule has 0 radical (unpaired) electrons. The molecule has 0 unspecified atom stereocenters. The zero-order valence-electron chi connectivity index (χ0n) is 5.56. The maximum absolute atomic E-state index is 3.87. The van der Waals surface area contributed by atoms with E-state index in [4.69, 9.17) is 0 Å². The Bertz CT molecular complexity index is 68.7. The molecule has 0 aromatic carbocycles. The highest BCUT2D eigenvalue weighted by atomic mass is 32.1. The molecule has 1 aliphatic carbocycles. The zero-order chi connectivity index (χ0) is 6.53. The largest absolute Gasteiger partial charge is 0.245 e. The van der Waals surface area contributed by atoms with Crippen LogP contribution in [0.5, 0.6) is 0 Å². The lowest BCUT2D eigenvalue weighted by atomic mass is 9.96. The van der Waals surface area contributed by atoms with Gasteiger partial charge in [0.15, 0.2) is 0 Å². The molecule has 0 aliphatic heterocycles. The molecule has 54 valence electrons. The Balaban J connectivity index is 2.08. The number of hydrazine groups is 1. The topological polar surface area (TPSA) is 24.1 Å². The van der Waals surface area contributed by atoms with E-state index >= 15 is 0 Å². The van der Waals surface area contributed by atoms with Gasteiger partial charge in [-0.1, -0.05) is 32.1 Å². The van der Waals surface area contributed by atoms with Gasteiger partial charge in [-0.15, -0.1) is 0 Å². The van der Waals surface area contributed by atoms with Crippen LogP contribution in [0.15, 0.2) is 0 Å². The van der Waals surface area contributed by atoms with E-state index in [1.165, 1.54) is 32.1 Å². The SMILES string of the molecule is SNNC1CCCCC1. The van der Waals surface area contributed by atoms with Crippen LogP contribution < -0.4 is 10.3 Å². The van der Waals surface area contributed by atoms with Crippen molar-refractivity contribution >= 4 is 12.8 Å². The molecular formula is C6H14N2S. The molecule has 0 amide bonds. The maximum Gasteiger partial charge on any atom is 0.0221 e. The number of nitrogens with one attached hydrogen (secondary N) is 2. The van der Waals surface area contributed by atoms with Gasteiger partial charge in [-0.25, -0.2) is 10.3 Å². The van der Waals surface area contributed by atoms with Gasteiger partial charge in [-0.05, 0) is 12.8 Å². The molecule has 2 nitrogen and oxygen atoms in total. The van der Waals surface area contributed by atoms with Gasteiger partial charge >= 0.3 is 0 Å². The maximum atomic E-state index is 3.87. The Morgan fingerprint density at radius 2 is 1.78 bits per heavy atom. The van der Waals surface area contributed by atoms with E-state index in [-0.39, 0.29) is 0 Å². The third-order valence-corrected chi connectivity index (χ3v) is 2.00. The molecule has 0 spiro atoms. The van der Waals surface area contributed by atoms with Gasteiger partial charge < -0.3 is 0 Å². The van der Waals surface area contributed by atoms with E-state index in [1.807, 2.05) is 0 Å². The van der Waals surface area contributed by atoms with Crippen molar-refractivity contribution in [2.45, 2.75) is 38.1 Å². The van der Waals surface area contributed by atoms with Crippen LogP contribution in [-0.2, 0) is 0 Å². The summed E-state index contributed by atoms with van der Waals surface area (Å²) in [5.74, 6) is 0. The fourth-order valence-electron chi connectivity index (χ4n) is 1.34. The summed E-state index contributed by atoms with van der Waals surface area (Å²) in [6.45, 7) is 0. The van der Waals surface area contributed by atoms with Gasteiger partial charge in [0.25, 0.3) is 0 Å². The summed E-state index contributed by atoms with van der Waals surface area (Å²) in [5, 5.41) is 0. The summed E-state index contributed by atoms with van der Waals surface area (Å²) in [6, 6.07) is 0.663. The summed E-state index contributed by atoms with van der Waals surface area (Å²) in [5.41, 5.74) is 3.10. The van der Waals surface area contributed by atoms with Gasteiger partial charge in [0, 0.05) is 6.04 Å². The number of rotatable bonds is 2. The molecule has 3 heteroatoms. The highest BCUT2D eigenvalue weighted by molar-refractivity contribution is 7.78. The smallest absolute Gasteiger partial charge is 0.0221 e. The van der Waals surface area contributed by atoms with Crippen molar-refractivity contribution in [3.63, 3.8) is 0 Å². The predicted molar refractivity (Wildman–Crippen MR) is 42.1 cm³/mol. The first-order chi connectivity index (χ1) is 4.43. The highest BCUT2D eigenvalue weighted by Crippen LogP contribution is 2.16. The number of thiol groups is 1. The van der Waals surface area contributed by atoms with Crippen molar-refractivity contribution in [3.8, 4) is 0 Å². The molecule has 1 aliphatic rings. The molecular weight excluding hydrogens is 132 g/mol. The Morgan fingerprint density at radius 3 is 2.33 bits per heavy atom. The van der Waals surface area contributed by atoms with E-state index < -0.39 is 0 Å². The van der Waals surface area contributed by atoms with Gasteiger partial charge in [0.05, 0.1) is 0 Å². The van der Waals surface area contributed by atoms with Gasteiger partial charge in [-0.3, -0.25) is 0 Å². The van der Waals surface area contributed by atoms with E-state index in [2.05, 4.69) is 23.1 Å². The van der Waals surface area contributed by atoms with Crippen LogP contribution in [0.25, 0.3) is 0 Å². The third kappa shape index (κ3) is 2.56. The fraction of sp³-hybridized carbons (Fsp3) is 1.00. The number of hydrogen-bond acceptors (Lipinski definition) is 3. The van der Waals surface area contributed by atoms with Gasteiger partial charge in [0.1, 0.15) is 0 Å². The minimum atomic E-state index is 0.663. The van der Waals surface area contributed by atoms with Crippen molar-refractivity contribution < 1.29 is 0 Å². The molecule has 0 aromatic heterocycles. The standard InChI is InChI=1S/C6H14N2S/c9-8-7-6-4-2-1-3-5-6/h6-9H,1-5H2. The lowest BCUT2D eigenvalue weighted by molar-refractivity contribution is 0.368. The summed E-state index contributed by atoms with van der Waals surface area (Å²) in [4.78, 5) is 2.68. The van der Waals surface area contributed by atoms with E-state index in [0.717, 1.165) is 0 Å². The second kappa shape index (κ2) is 4.14. The molecule has 1 rings (SSSR count). The normalized spacial score (nSPS) is 22.3.